The van der Waals surface area contributed by atoms with Crippen LogP contribution in [0.2, 0.25) is 0 Å². The summed E-state index contributed by atoms with van der Waals surface area (Å²) >= 11 is 3.30. The predicted octanol–water partition coefficient (Wildman–Crippen LogP) is 6.50. The number of rotatable bonds is 10. The minimum Gasteiger partial charge on any atom is -0.504 e. The van der Waals surface area contributed by atoms with Gasteiger partial charge in [0.05, 0.1) is 28.9 Å². The van der Waals surface area contributed by atoms with Crippen LogP contribution in [0.15, 0.2) is 89.4 Å². The molecule has 0 aliphatic carbocycles. The molecule has 208 valence electrons. The molecule has 41 heavy (non-hydrogen) atoms. The highest BCUT2D eigenvalue weighted by Gasteiger charge is 2.37. The Morgan fingerprint density at radius 2 is 1.20 bits per heavy atom. The summed E-state index contributed by atoms with van der Waals surface area (Å²) in [6, 6.07) is 21.5. The van der Waals surface area contributed by atoms with E-state index >= 15 is 0 Å². The number of aromatic hydroxyl groups is 2. The Balaban J connectivity index is 2.03. The number of carbonyl (C=O) groups is 4. The zero-order valence-corrected chi connectivity index (χ0v) is 23.5. The fourth-order valence-corrected chi connectivity index (χ4v) is 4.29. The van der Waals surface area contributed by atoms with E-state index in [2.05, 4.69) is 15.9 Å². The summed E-state index contributed by atoms with van der Waals surface area (Å²) in [5.74, 6) is -6.66. The van der Waals surface area contributed by atoms with Gasteiger partial charge in [0.15, 0.2) is 23.1 Å². The Kier molecular flexibility index (Phi) is 9.31. The molecule has 0 heterocycles. The lowest BCUT2D eigenvalue weighted by atomic mass is 9.88. The molecular formula is C32H25BrO8. The first-order chi connectivity index (χ1) is 19.7. The summed E-state index contributed by atoms with van der Waals surface area (Å²) < 4.78 is 11.5. The molecule has 4 aromatic rings. The van der Waals surface area contributed by atoms with Crippen LogP contribution < -0.4 is 4.74 Å². The van der Waals surface area contributed by atoms with Crippen molar-refractivity contribution >= 4 is 39.4 Å². The van der Waals surface area contributed by atoms with Crippen molar-refractivity contribution < 1.29 is 38.9 Å². The molecule has 4 aromatic carbocycles. The molecule has 0 aliphatic rings. The minimum atomic E-state index is -1.11. The van der Waals surface area contributed by atoms with E-state index in [4.69, 9.17) is 9.47 Å². The summed E-state index contributed by atoms with van der Waals surface area (Å²) in [6.07, 6.45) is 1.18. The van der Waals surface area contributed by atoms with E-state index in [1.807, 2.05) is 6.92 Å². The van der Waals surface area contributed by atoms with Crippen LogP contribution in [0.1, 0.15) is 72.3 Å². The number of ketones is 2. The van der Waals surface area contributed by atoms with Gasteiger partial charge in [-0.15, -0.1) is 0 Å². The van der Waals surface area contributed by atoms with Crippen LogP contribution in [0.3, 0.4) is 0 Å². The topological polar surface area (TPSA) is 127 Å². The highest BCUT2D eigenvalue weighted by atomic mass is 79.9. The van der Waals surface area contributed by atoms with Crippen LogP contribution in [-0.2, 0) is 4.74 Å². The molecule has 0 aromatic heterocycles. The molecule has 8 nitrogen and oxygen atoms in total. The van der Waals surface area contributed by atoms with Gasteiger partial charge in [0.1, 0.15) is 0 Å². The maximum Gasteiger partial charge on any atom is 0.343 e. The normalized spacial score (nSPS) is 10.6. The molecule has 9 heteroatoms. The van der Waals surface area contributed by atoms with Gasteiger partial charge < -0.3 is 19.7 Å². The second-order valence-electron chi connectivity index (χ2n) is 8.93. The van der Waals surface area contributed by atoms with E-state index < -0.39 is 57.4 Å². The van der Waals surface area contributed by atoms with Gasteiger partial charge in [-0.3, -0.25) is 9.59 Å². The fraction of sp³-hybridized carbons (Fsp3) is 0.125. The van der Waals surface area contributed by atoms with E-state index in [0.717, 1.165) is 0 Å². The number of ether oxygens (including phenoxy) is 2. The molecule has 0 radical (unpaired) electrons. The zero-order valence-electron chi connectivity index (χ0n) is 21.9. The SMILES string of the molecule is CCCCOC(=O)c1c(C(=O)c2ccccc2)c(O)c(O)c(OC(=O)c2ccccc2)c1C(=O)c1ccc(Br)cc1. The number of benzene rings is 4. The number of phenolic OH excluding ortho intramolecular Hbond substituents is 2. The first-order valence-electron chi connectivity index (χ1n) is 12.7. The average molecular weight is 617 g/mol. The summed E-state index contributed by atoms with van der Waals surface area (Å²) in [6.45, 7) is 1.84. The Bertz CT molecular complexity index is 1600. The highest BCUT2D eigenvalue weighted by molar-refractivity contribution is 9.10. The Hall–Kier alpha value is -4.76. The maximum atomic E-state index is 14.0. The van der Waals surface area contributed by atoms with E-state index in [1.54, 1.807) is 48.5 Å². The van der Waals surface area contributed by atoms with Crippen molar-refractivity contribution in [1.82, 2.24) is 0 Å². The quantitative estimate of drug-likeness (QED) is 0.0679. The van der Waals surface area contributed by atoms with Gasteiger partial charge in [0.25, 0.3) is 0 Å². The second kappa shape index (κ2) is 13.1. The van der Waals surface area contributed by atoms with Gasteiger partial charge in [-0.05, 0) is 42.8 Å². The standard InChI is InChI=1S/C32H25BrO8/c1-2-3-18-40-32(39)23-24(26(34)19-10-6-4-7-11-19)28(36)29(37)30(41-31(38)21-12-8-5-9-13-21)25(23)27(35)20-14-16-22(33)17-15-20/h4-17,36-37H,2-3,18H2,1H3. The molecule has 0 fully saturated rings. The van der Waals surface area contributed by atoms with Crippen molar-refractivity contribution in [1.29, 1.82) is 0 Å². The molecule has 2 N–H and O–H groups in total. The van der Waals surface area contributed by atoms with Gasteiger partial charge in [-0.2, -0.15) is 0 Å². The molecule has 0 unspecified atom stereocenters. The average Bonchev–Trinajstić information content (AvgIpc) is 3.00. The molecule has 0 saturated carbocycles. The third-order valence-electron chi connectivity index (χ3n) is 6.14. The zero-order chi connectivity index (χ0) is 29.5. The van der Waals surface area contributed by atoms with Gasteiger partial charge in [0.2, 0.25) is 5.75 Å². The summed E-state index contributed by atoms with van der Waals surface area (Å²) in [5, 5.41) is 22.2. The van der Waals surface area contributed by atoms with Gasteiger partial charge >= 0.3 is 11.9 Å². The van der Waals surface area contributed by atoms with E-state index in [-0.39, 0.29) is 23.3 Å². The second-order valence-corrected chi connectivity index (χ2v) is 9.84. The number of hydrogen-bond acceptors (Lipinski definition) is 8. The number of hydrogen-bond donors (Lipinski definition) is 2. The first-order valence-corrected chi connectivity index (χ1v) is 13.5. The van der Waals surface area contributed by atoms with E-state index in [1.165, 1.54) is 36.4 Å². The lowest BCUT2D eigenvalue weighted by Crippen LogP contribution is -2.22. The van der Waals surface area contributed by atoms with Crippen molar-refractivity contribution in [3.63, 3.8) is 0 Å². The van der Waals surface area contributed by atoms with Crippen LogP contribution >= 0.6 is 15.9 Å². The van der Waals surface area contributed by atoms with Crippen molar-refractivity contribution in [2.45, 2.75) is 19.8 Å². The smallest absolute Gasteiger partial charge is 0.343 e. The lowest BCUT2D eigenvalue weighted by molar-refractivity contribution is 0.0491. The predicted molar refractivity (Wildman–Crippen MR) is 154 cm³/mol. The van der Waals surface area contributed by atoms with Gasteiger partial charge in [-0.1, -0.05) is 77.8 Å². The van der Waals surface area contributed by atoms with Crippen molar-refractivity contribution in [3.05, 3.63) is 123 Å². The molecular weight excluding hydrogens is 592 g/mol. The van der Waals surface area contributed by atoms with Crippen LogP contribution in [0.25, 0.3) is 0 Å². The molecule has 0 saturated heterocycles. The first kappa shape index (κ1) is 29.2. The Morgan fingerprint density at radius 1 is 0.659 bits per heavy atom. The van der Waals surface area contributed by atoms with Crippen LogP contribution in [0.4, 0.5) is 0 Å². The number of esters is 2. The van der Waals surface area contributed by atoms with E-state index in [0.29, 0.717) is 17.3 Å². The molecule has 0 bridgehead atoms. The molecule has 0 amide bonds. The van der Waals surface area contributed by atoms with Crippen molar-refractivity contribution in [2.24, 2.45) is 0 Å². The summed E-state index contributed by atoms with van der Waals surface area (Å²) in [5.41, 5.74) is -1.70. The van der Waals surface area contributed by atoms with Crippen LogP contribution in [0.5, 0.6) is 17.2 Å². The number of phenols is 2. The maximum absolute atomic E-state index is 14.0. The van der Waals surface area contributed by atoms with Crippen molar-refractivity contribution in [2.75, 3.05) is 6.61 Å². The Labute approximate surface area is 244 Å². The molecule has 0 spiro atoms. The third kappa shape index (κ3) is 6.36. The van der Waals surface area contributed by atoms with Crippen LogP contribution in [0, 0.1) is 0 Å². The van der Waals surface area contributed by atoms with Gasteiger partial charge in [0, 0.05) is 15.6 Å². The summed E-state index contributed by atoms with van der Waals surface area (Å²) in [4.78, 5) is 54.3. The van der Waals surface area contributed by atoms with E-state index in [9.17, 15) is 29.4 Å². The largest absolute Gasteiger partial charge is 0.504 e. The third-order valence-corrected chi connectivity index (χ3v) is 6.67. The minimum absolute atomic E-state index is 0.0407. The highest BCUT2D eigenvalue weighted by Crippen LogP contribution is 2.46. The van der Waals surface area contributed by atoms with Gasteiger partial charge in [-0.25, -0.2) is 9.59 Å². The number of halogens is 1. The molecule has 0 atom stereocenters. The fourth-order valence-electron chi connectivity index (χ4n) is 4.03. The molecule has 0 aliphatic heterocycles. The van der Waals surface area contributed by atoms with Crippen molar-refractivity contribution in [3.8, 4) is 17.2 Å². The number of unbranched alkanes of at least 4 members (excludes halogenated alkanes) is 1. The monoisotopic (exact) mass is 616 g/mol. The van der Waals surface area contributed by atoms with Crippen LogP contribution in [-0.4, -0.2) is 40.3 Å². The number of carbonyl (C=O) groups excluding carboxylic acids is 4. The lowest BCUT2D eigenvalue weighted by Gasteiger charge is -2.20. The Morgan fingerprint density at radius 3 is 1.78 bits per heavy atom. The summed E-state index contributed by atoms with van der Waals surface area (Å²) in [7, 11) is 0. The molecule has 4 rings (SSSR count).